The van der Waals surface area contributed by atoms with Gasteiger partial charge >= 0.3 is 5.69 Å². The van der Waals surface area contributed by atoms with Gasteiger partial charge in [-0.1, -0.05) is 0 Å². The number of nitrogens with zero attached hydrogens (tertiary/aromatic N) is 1. The number of halogens is 1. The number of benzene rings is 1. The maximum atomic E-state index is 13.4. The number of nitrogens with two attached hydrogens (primary N) is 1. The molecule has 1 aromatic carbocycles. The van der Waals surface area contributed by atoms with E-state index < -0.39 is 16.4 Å². The van der Waals surface area contributed by atoms with E-state index in [1.54, 1.807) is 0 Å². The molecule has 1 aliphatic rings. The smallest absolute Gasteiger partial charge is 0.305 e. The van der Waals surface area contributed by atoms with E-state index in [4.69, 9.17) is 15.2 Å². The van der Waals surface area contributed by atoms with Gasteiger partial charge in [-0.15, -0.1) is 0 Å². The SMILES string of the molecule is CCOC1C(N)CC1Oc1ccc([N+](=O)[O-])c(F)c1. The fourth-order valence-corrected chi connectivity index (χ4v) is 2.04. The van der Waals surface area contributed by atoms with Gasteiger partial charge < -0.3 is 15.2 Å². The first-order valence-corrected chi connectivity index (χ1v) is 6.00. The second kappa shape index (κ2) is 5.50. The molecule has 1 aromatic rings. The minimum atomic E-state index is -0.918. The summed E-state index contributed by atoms with van der Waals surface area (Å²) < 4.78 is 24.4. The Kier molecular flexibility index (Phi) is 3.96. The van der Waals surface area contributed by atoms with Crippen LogP contribution in [0, 0.1) is 15.9 Å². The third kappa shape index (κ3) is 2.82. The molecule has 0 aromatic heterocycles. The molecule has 2 rings (SSSR count). The molecule has 19 heavy (non-hydrogen) atoms. The van der Waals surface area contributed by atoms with E-state index in [9.17, 15) is 14.5 Å². The van der Waals surface area contributed by atoms with E-state index in [-0.39, 0.29) is 24.0 Å². The zero-order chi connectivity index (χ0) is 14.0. The van der Waals surface area contributed by atoms with Gasteiger partial charge in [0.05, 0.1) is 4.92 Å². The minimum Gasteiger partial charge on any atom is -0.487 e. The highest BCUT2D eigenvalue weighted by Crippen LogP contribution is 2.29. The van der Waals surface area contributed by atoms with Crippen molar-refractivity contribution in [1.82, 2.24) is 0 Å². The molecule has 0 saturated heterocycles. The molecule has 0 aliphatic heterocycles. The van der Waals surface area contributed by atoms with Crippen molar-refractivity contribution < 1.29 is 18.8 Å². The van der Waals surface area contributed by atoms with Crippen molar-refractivity contribution in [3.8, 4) is 5.75 Å². The highest BCUT2D eigenvalue weighted by atomic mass is 19.1. The first kappa shape index (κ1) is 13.7. The Bertz CT molecular complexity index is 483. The van der Waals surface area contributed by atoms with Crippen molar-refractivity contribution in [2.75, 3.05) is 6.61 Å². The molecule has 7 heteroatoms. The number of rotatable bonds is 5. The zero-order valence-electron chi connectivity index (χ0n) is 10.4. The van der Waals surface area contributed by atoms with Gasteiger partial charge in [-0.3, -0.25) is 10.1 Å². The molecule has 1 saturated carbocycles. The Hall–Kier alpha value is -1.73. The summed E-state index contributed by atoms with van der Waals surface area (Å²) in [6.07, 6.45) is 0.155. The van der Waals surface area contributed by atoms with Crippen LogP contribution in [0.15, 0.2) is 18.2 Å². The van der Waals surface area contributed by atoms with Crippen LogP contribution in [0.4, 0.5) is 10.1 Å². The largest absolute Gasteiger partial charge is 0.487 e. The highest BCUT2D eigenvalue weighted by Gasteiger charge is 2.41. The number of nitro groups is 1. The molecule has 0 heterocycles. The van der Waals surface area contributed by atoms with Crippen LogP contribution in [0.3, 0.4) is 0 Å². The van der Waals surface area contributed by atoms with Gasteiger partial charge in [-0.25, -0.2) is 0 Å². The van der Waals surface area contributed by atoms with Crippen LogP contribution in [0.2, 0.25) is 0 Å². The van der Waals surface area contributed by atoms with Gasteiger partial charge in [0, 0.05) is 31.2 Å². The van der Waals surface area contributed by atoms with Crippen LogP contribution >= 0.6 is 0 Å². The van der Waals surface area contributed by atoms with Gasteiger partial charge in [0.1, 0.15) is 18.0 Å². The Morgan fingerprint density at radius 2 is 2.32 bits per heavy atom. The second-order valence-electron chi connectivity index (χ2n) is 4.35. The summed E-state index contributed by atoms with van der Waals surface area (Å²) in [5.74, 6) is -0.677. The van der Waals surface area contributed by atoms with Crippen LogP contribution in [0.1, 0.15) is 13.3 Å². The highest BCUT2D eigenvalue weighted by molar-refractivity contribution is 5.38. The van der Waals surface area contributed by atoms with Crippen molar-refractivity contribution in [1.29, 1.82) is 0 Å². The third-order valence-corrected chi connectivity index (χ3v) is 3.06. The molecule has 2 N–H and O–H groups in total. The number of ether oxygens (including phenoxy) is 2. The van der Waals surface area contributed by atoms with Crippen molar-refractivity contribution >= 4 is 5.69 Å². The molecule has 1 aliphatic carbocycles. The van der Waals surface area contributed by atoms with Gasteiger partial charge in [0.15, 0.2) is 0 Å². The fraction of sp³-hybridized carbons (Fsp3) is 0.500. The van der Waals surface area contributed by atoms with E-state index in [1.165, 1.54) is 6.07 Å². The summed E-state index contributed by atoms with van der Waals surface area (Å²) in [4.78, 5) is 9.71. The average molecular weight is 270 g/mol. The number of hydrogen-bond donors (Lipinski definition) is 1. The maximum absolute atomic E-state index is 13.4. The topological polar surface area (TPSA) is 87.6 Å². The van der Waals surface area contributed by atoms with Crippen LogP contribution < -0.4 is 10.5 Å². The predicted octanol–water partition coefficient (Wildman–Crippen LogP) is 1.62. The fourth-order valence-electron chi connectivity index (χ4n) is 2.04. The Morgan fingerprint density at radius 1 is 1.58 bits per heavy atom. The molecule has 0 bridgehead atoms. The van der Waals surface area contributed by atoms with Gasteiger partial charge in [0.25, 0.3) is 0 Å². The van der Waals surface area contributed by atoms with Crippen LogP contribution in [0.5, 0.6) is 5.75 Å². The summed E-state index contributed by atoms with van der Waals surface area (Å²) in [5.41, 5.74) is 5.21. The quantitative estimate of drug-likeness (QED) is 0.648. The van der Waals surface area contributed by atoms with E-state index in [2.05, 4.69) is 0 Å². The Labute approximate surface area is 109 Å². The molecule has 3 atom stereocenters. The lowest BCUT2D eigenvalue weighted by Gasteiger charge is -2.41. The summed E-state index contributed by atoms with van der Waals surface area (Å²) >= 11 is 0. The molecular weight excluding hydrogens is 255 g/mol. The van der Waals surface area contributed by atoms with E-state index in [0.717, 1.165) is 12.1 Å². The Balaban J connectivity index is 2.04. The molecular formula is C12H15FN2O4. The van der Waals surface area contributed by atoms with E-state index in [1.807, 2.05) is 6.92 Å². The standard InChI is InChI=1S/C12H15FN2O4/c1-2-18-12-9(14)6-11(12)19-7-3-4-10(15(16)17)8(13)5-7/h3-5,9,11-12H,2,6,14H2,1H3. The molecule has 3 unspecified atom stereocenters. The molecule has 0 radical (unpaired) electrons. The first-order chi connectivity index (χ1) is 9.02. The van der Waals surface area contributed by atoms with Crippen molar-refractivity contribution in [3.63, 3.8) is 0 Å². The summed E-state index contributed by atoms with van der Waals surface area (Å²) in [7, 11) is 0. The summed E-state index contributed by atoms with van der Waals surface area (Å²) in [5, 5.41) is 10.5. The van der Waals surface area contributed by atoms with Crippen LogP contribution in [-0.4, -0.2) is 29.8 Å². The van der Waals surface area contributed by atoms with E-state index in [0.29, 0.717) is 13.0 Å². The van der Waals surface area contributed by atoms with Crippen molar-refractivity contribution in [3.05, 3.63) is 34.1 Å². The monoisotopic (exact) mass is 270 g/mol. The van der Waals surface area contributed by atoms with Crippen molar-refractivity contribution in [2.45, 2.75) is 31.6 Å². The maximum Gasteiger partial charge on any atom is 0.305 e. The number of nitro benzene ring substituents is 1. The van der Waals surface area contributed by atoms with Crippen molar-refractivity contribution in [2.24, 2.45) is 5.73 Å². The summed E-state index contributed by atoms with van der Waals surface area (Å²) in [6.45, 7) is 2.38. The third-order valence-electron chi connectivity index (χ3n) is 3.06. The van der Waals surface area contributed by atoms with Crippen LogP contribution in [0.25, 0.3) is 0 Å². The second-order valence-corrected chi connectivity index (χ2v) is 4.35. The molecule has 6 nitrogen and oxygen atoms in total. The molecule has 104 valence electrons. The molecule has 0 spiro atoms. The minimum absolute atomic E-state index is 0.0900. The van der Waals surface area contributed by atoms with E-state index >= 15 is 0 Å². The van der Waals surface area contributed by atoms with Crippen LogP contribution in [-0.2, 0) is 4.74 Å². The lowest BCUT2D eigenvalue weighted by Crippen LogP contribution is -2.59. The predicted molar refractivity (Wildman–Crippen MR) is 65.5 cm³/mol. The lowest BCUT2D eigenvalue weighted by atomic mass is 9.86. The Morgan fingerprint density at radius 3 is 2.84 bits per heavy atom. The zero-order valence-corrected chi connectivity index (χ0v) is 10.4. The summed E-state index contributed by atoms with van der Waals surface area (Å²) in [6, 6.07) is 3.37. The van der Waals surface area contributed by atoms with Gasteiger partial charge in [-0.2, -0.15) is 4.39 Å². The first-order valence-electron chi connectivity index (χ1n) is 6.00. The van der Waals surface area contributed by atoms with Gasteiger partial charge in [0.2, 0.25) is 5.82 Å². The molecule has 0 amide bonds. The average Bonchev–Trinajstić information content (AvgIpc) is 2.35. The van der Waals surface area contributed by atoms with Gasteiger partial charge in [-0.05, 0) is 13.0 Å². The lowest BCUT2D eigenvalue weighted by molar-refractivity contribution is -0.387. The molecule has 1 fully saturated rings. The normalized spacial score (nSPS) is 25.7. The number of hydrogen-bond acceptors (Lipinski definition) is 5.